The van der Waals surface area contributed by atoms with Gasteiger partial charge in [0.1, 0.15) is 0 Å². The smallest absolute Gasteiger partial charge is 0.269 e. The van der Waals surface area contributed by atoms with Crippen LogP contribution in [0.5, 0.6) is 0 Å². The average molecular weight is 277 g/mol. The van der Waals surface area contributed by atoms with Crippen molar-refractivity contribution >= 4 is 17.0 Å². The van der Waals surface area contributed by atoms with Gasteiger partial charge in [0.05, 0.1) is 15.6 Å². The summed E-state index contributed by atoms with van der Waals surface area (Å²) in [6.45, 7) is 3.58. The Balaban J connectivity index is 1.75. The van der Waals surface area contributed by atoms with Gasteiger partial charge in [0.2, 0.25) is 0 Å². The lowest BCUT2D eigenvalue weighted by molar-refractivity contribution is -0.384. The minimum Gasteiger partial charge on any atom is -0.311 e. The molecular formula is C13H15N3O2S. The average Bonchev–Trinajstić information content (AvgIpc) is 2.81. The van der Waals surface area contributed by atoms with E-state index in [-0.39, 0.29) is 10.6 Å². The zero-order valence-corrected chi connectivity index (χ0v) is 11.4. The van der Waals surface area contributed by atoms with Crippen LogP contribution in [0.15, 0.2) is 29.6 Å². The van der Waals surface area contributed by atoms with E-state index in [0.717, 1.165) is 35.8 Å². The molecule has 0 aliphatic rings. The van der Waals surface area contributed by atoms with Crippen molar-refractivity contribution in [1.29, 1.82) is 0 Å². The van der Waals surface area contributed by atoms with Crippen LogP contribution < -0.4 is 5.32 Å². The fourth-order valence-corrected chi connectivity index (χ4v) is 2.34. The first-order valence-corrected chi connectivity index (χ1v) is 6.88. The molecule has 0 spiro atoms. The molecule has 0 aliphatic heterocycles. The molecule has 0 radical (unpaired) electrons. The Morgan fingerprint density at radius 2 is 2.11 bits per heavy atom. The van der Waals surface area contributed by atoms with E-state index in [9.17, 15) is 10.1 Å². The van der Waals surface area contributed by atoms with E-state index in [1.54, 1.807) is 35.6 Å². The number of rotatable bonds is 6. The first-order chi connectivity index (χ1) is 9.15. The van der Waals surface area contributed by atoms with E-state index in [4.69, 9.17) is 0 Å². The third kappa shape index (κ3) is 4.11. The number of non-ortho nitro benzene ring substituents is 1. The predicted octanol–water partition coefficient (Wildman–Crippen LogP) is 2.69. The van der Waals surface area contributed by atoms with Gasteiger partial charge in [-0.15, -0.1) is 11.3 Å². The summed E-state index contributed by atoms with van der Waals surface area (Å²) < 4.78 is 0. The van der Waals surface area contributed by atoms with Gasteiger partial charge in [-0.05, 0) is 25.5 Å². The molecule has 19 heavy (non-hydrogen) atoms. The molecule has 0 aliphatic carbocycles. The second kappa shape index (κ2) is 6.40. The predicted molar refractivity (Wildman–Crippen MR) is 75.4 cm³/mol. The topological polar surface area (TPSA) is 68.1 Å². The van der Waals surface area contributed by atoms with Crippen LogP contribution >= 0.6 is 11.3 Å². The molecule has 5 nitrogen and oxygen atoms in total. The van der Waals surface area contributed by atoms with Crippen LogP contribution in [0, 0.1) is 17.0 Å². The van der Waals surface area contributed by atoms with Crippen molar-refractivity contribution in [2.75, 3.05) is 6.54 Å². The maximum absolute atomic E-state index is 10.5. The minimum absolute atomic E-state index is 0.134. The SMILES string of the molecule is Cc1nc(CNCCc2ccc([N+](=O)[O-])cc2)cs1. The Morgan fingerprint density at radius 1 is 1.37 bits per heavy atom. The molecule has 0 saturated carbocycles. The van der Waals surface area contributed by atoms with Crippen molar-refractivity contribution < 1.29 is 4.92 Å². The number of nitro groups is 1. The fraction of sp³-hybridized carbons (Fsp3) is 0.308. The Morgan fingerprint density at radius 3 is 2.68 bits per heavy atom. The highest BCUT2D eigenvalue weighted by molar-refractivity contribution is 7.09. The summed E-state index contributed by atoms with van der Waals surface area (Å²) in [5.74, 6) is 0. The summed E-state index contributed by atoms with van der Waals surface area (Å²) in [4.78, 5) is 14.5. The molecule has 1 heterocycles. The van der Waals surface area contributed by atoms with Crippen LogP contribution in [-0.4, -0.2) is 16.5 Å². The lowest BCUT2D eigenvalue weighted by atomic mass is 10.1. The maximum Gasteiger partial charge on any atom is 0.269 e. The highest BCUT2D eigenvalue weighted by Gasteiger charge is 2.03. The number of nitrogens with zero attached hydrogens (tertiary/aromatic N) is 2. The molecule has 1 aromatic heterocycles. The quantitative estimate of drug-likeness (QED) is 0.501. The number of aryl methyl sites for hydroxylation is 1. The fourth-order valence-electron chi connectivity index (χ4n) is 1.72. The molecule has 0 unspecified atom stereocenters. The van der Waals surface area contributed by atoms with Crippen LogP contribution in [-0.2, 0) is 13.0 Å². The molecule has 0 amide bonds. The third-order valence-electron chi connectivity index (χ3n) is 2.71. The summed E-state index contributed by atoms with van der Waals surface area (Å²) in [5.41, 5.74) is 2.29. The summed E-state index contributed by atoms with van der Waals surface area (Å²) in [5, 5.41) is 17.0. The summed E-state index contributed by atoms with van der Waals surface area (Å²) >= 11 is 1.65. The molecule has 2 aromatic rings. The normalized spacial score (nSPS) is 10.6. The molecule has 0 atom stereocenters. The maximum atomic E-state index is 10.5. The molecular weight excluding hydrogens is 262 g/mol. The van der Waals surface area contributed by atoms with Gasteiger partial charge in [0, 0.05) is 24.1 Å². The van der Waals surface area contributed by atoms with Gasteiger partial charge in [-0.1, -0.05) is 12.1 Å². The van der Waals surface area contributed by atoms with Gasteiger partial charge in [-0.2, -0.15) is 0 Å². The second-order valence-corrected chi connectivity index (χ2v) is 5.27. The van der Waals surface area contributed by atoms with Crippen molar-refractivity contribution in [2.45, 2.75) is 19.9 Å². The minimum atomic E-state index is -0.382. The number of thiazole rings is 1. The van der Waals surface area contributed by atoms with Gasteiger partial charge >= 0.3 is 0 Å². The van der Waals surface area contributed by atoms with Crippen LogP contribution in [0.25, 0.3) is 0 Å². The molecule has 0 saturated heterocycles. The number of hydrogen-bond donors (Lipinski definition) is 1. The second-order valence-electron chi connectivity index (χ2n) is 4.21. The lowest BCUT2D eigenvalue weighted by Crippen LogP contribution is -2.16. The van der Waals surface area contributed by atoms with Gasteiger partial charge in [-0.3, -0.25) is 10.1 Å². The third-order valence-corrected chi connectivity index (χ3v) is 3.53. The molecule has 0 bridgehead atoms. The van der Waals surface area contributed by atoms with E-state index in [1.807, 2.05) is 12.3 Å². The van der Waals surface area contributed by atoms with Crippen LogP contribution in [0.3, 0.4) is 0 Å². The molecule has 100 valence electrons. The Bertz CT molecular complexity index is 551. The first kappa shape index (κ1) is 13.6. The highest BCUT2D eigenvalue weighted by Crippen LogP contribution is 2.12. The van der Waals surface area contributed by atoms with E-state index in [1.165, 1.54) is 0 Å². The highest BCUT2D eigenvalue weighted by atomic mass is 32.1. The van der Waals surface area contributed by atoms with Crippen molar-refractivity contribution in [3.63, 3.8) is 0 Å². The zero-order valence-electron chi connectivity index (χ0n) is 10.6. The largest absolute Gasteiger partial charge is 0.311 e. The van der Waals surface area contributed by atoms with Crippen molar-refractivity contribution in [1.82, 2.24) is 10.3 Å². The molecule has 0 fully saturated rings. The zero-order chi connectivity index (χ0) is 13.7. The number of benzene rings is 1. The first-order valence-electron chi connectivity index (χ1n) is 6.00. The van der Waals surface area contributed by atoms with Gasteiger partial charge in [-0.25, -0.2) is 4.98 Å². The molecule has 2 rings (SSSR count). The van der Waals surface area contributed by atoms with Gasteiger partial charge in [0.25, 0.3) is 5.69 Å². The lowest BCUT2D eigenvalue weighted by Gasteiger charge is -2.03. The Hall–Kier alpha value is -1.79. The summed E-state index contributed by atoms with van der Waals surface area (Å²) in [7, 11) is 0. The number of nitrogens with one attached hydrogen (secondary N) is 1. The Labute approximate surface area is 115 Å². The van der Waals surface area contributed by atoms with Crippen LogP contribution in [0.2, 0.25) is 0 Å². The van der Waals surface area contributed by atoms with Crippen LogP contribution in [0.4, 0.5) is 5.69 Å². The molecule has 1 N–H and O–H groups in total. The number of hydrogen-bond acceptors (Lipinski definition) is 5. The monoisotopic (exact) mass is 277 g/mol. The van der Waals surface area contributed by atoms with Crippen molar-refractivity contribution in [3.8, 4) is 0 Å². The Kier molecular flexibility index (Phi) is 4.59. The van der Waals surface area contributed by atoms with Gasteiger partial charge in [0.15, 0.2) is 0 Å². The van der Waals surface area contributed by atoms with Crippen molar-refractivity contribution in [2.24, 2.45) is 0 Å². The number of nitro benzene ring substituents is 1. The summed E-state index contributed by atoms with van der Waals surface area (Å²) in [6, 6.07) is 6.68. The summed E-state index contributed by atoms with van der Waals surface area (Å²) in [6.07, 6.45) is 0.848. The van der Waals surface area contributed by atoms with E-state index >= 15 is 0 Å². The molecule has 6 heteroatoms. The molecule has 1 aromatic carbocycles. The van der Waals surface area contributed by atoms with E-state index < -0.39 is 0 Å². The van der Waals surface area contributed by atoms with Gasteiger partial charge < -0.3 is 5.32 Å². The standard InChI is InChI=1S/C13H15N3O2S/c1-10-15-12(9-19-10)8-14-7-6-11-2-4-13(5-3-11)16(17)18/h2-5,9,14H,6-8H2,1H3. The van der Waals surface area contributed by atoms with Crippen LogP contribution in [0.1, 0.15) is 16.3 Å². The van der Waals surface area contributed by atoms with Crippen molar-refractivity contribution in [3.05, 3.63) is 56.0 Å². The van der Waals surface area contributed by atoms with E-state index in [0.29, 0.717) is 0 Å². The van der Waals surface area contributed by atoms with E-state index in [2.05, 4.69) is 10.3 Å². The number of aromatic nitrogens is 1.